The highest BCUT2D eigenvalue weighted by atomic mass is 35.5. The van der Waals surface area contributed by atoms with Crippen molar-refractivity contribution in [2.45, 2.75) is 18.4 Å². The highest BCUT2D eigenvalue weighted by molar-refractivity contribution is 7.92. The second kappa shape index (κ2) is 8.63. The largest absolute Gasteiger partial charge is 0.348 e. The predicted molar refractivity (Wildman–Crippen MR) is 111 cm³/mol. The van der Waals surface area contributed by atoms with Gasteiger partial charge in [-0.15, -0.1) is 0 Å². The van der Waals surface area contributed by atoms with Crippen LogP contribution in [0.4, 0.5) is 10.1 Å². The second-order valence-electron chi connectivity index (χ2n) is 6.43. The van der Waals surface area contributed by atoms with Gasteiger partial charge in [-0.25, -0.2) is 12.8 Å². The lowest BCUT2D eigenvalue weighted by atomic mass is 10.2. The highest BCUT2D eigenvalue weighted by Gasteiger charge is 2.20. The highest BCUT2D eigenvalue weighted by Crippen LogP contribution is 2.25. The van der Waals surface area contributed by atoms with E-state index in [-0.39, 0.29) is 27.8 Å². The maximum Gasteiger partial charge on any atom is 0.263 e. The van der Waals surface area contributed by atoms with E-state index in [1.807, 2.05) is 6.92 Å². The Morgan fingerprint density at radius 3 is 2.31 bits per heavy atom. The van der Waals surface area contributed by atoms with Gasteiger partial charge in [-0.3, -0.25) is 9.52 Å². The molecule has 3 aromatic rings. The van der Waals surface area contributed by atoms with E-state index in [1.165, 1.54) is 30.3 Å². The Morgan fingerprint density at radius 2 is 1.66 bits per heavy atom. The minimum Gasteiger partial charge on any atom is -0.348 e. The first-order valence-electron chi connectivity index (χ1n) is 8.66. The van der Waals surface area contributed by atoms with Crippen molar-refractivity contribution in [3.05, 3.63) is 94.3 Å². The lowest BCUT2D eigenvalue weighted by Crippen LogP contribution is -2.23. The molecule has 3 rings (SSSR count). The molecule has 3 aromatic carbocycles. The summed E-state index contributed by atoms with van der Waals surface area (Å²) in [5.41, 5.74) is 2.23. The van der Waals surface area contributed by atoms with Crippen LogP contribution < -0.4 is 10.0 Å². The number of sulfonamides is 1. The number of hydrogen-bond donors (Lipinski definition) is 2. The van der Waals surface area contributed by atoms with Crippen LogP contribution in [0.1, 0.15) is 21.5 Å². The van der Waals surface area contributed by atoms with Crippen molar-refractivity contribution in [3.63, 3.8) is 0 Å². The predicted octanol–water partition coefficient (Wildman–Crippen LogP) is 4.52. The molecule has 1 amide bonds. The Morgan fingerprint density at radius 1 is 1.00 bits per heavy atom. The van der Waals surface area contributed by atoms with Crippen LogP contribution in [0.25, 0.3) is 0 Å². The van der Waals surface area contributed by atoms with E-state index in [0.717, 1.165) is 5.56 Å². The van der Waals surface area contributed by atoms with Gasteiger partial charge < -0.3 is 5.32 Å². The number of aryl methyl sites for hydroxylation is 1. The second-order valence-corrected chi connectivity index (χ2v) is 8.48. The first-order chi connectivity index (χ1) is 13.7. The first-order valence-corrected chi connectivity index (χ1v) is 10.5. The molecular formula is C21H18ClFN2O3S. The summed E-state index contributed by atoms with van der Waals surface area (Å²) >= 11 is 6.08. The van der Waals surface area contributed by atoms with Gasteiger partial charge in [-0.05, 0) is 55.0 Å². The zero-order valence-corrected chi connectivity index (χ0v) is 17.0. The van der Waals surface area contributed by atoms with E-state index in [2.05, 4.69) is 10.0 Å². The number of nitrogens with one attached hydrogen (secondary N) is 2. The van der Waals surface area contributed by atoms with Crippen LogP contribution in [-0.2, 0) is 16.6 Å². The number of benzene rings is 3. The quantitative estimate of drug-likeness (QED) is 0.601. The number of carbonyl (C=O) groups excluding carboxylic acids is 1. The van der Waals surface area contributed by atoms with Crippen molar-refractivity contribution >= 4 is 33.2 Å². The molecule has 0 aliphatic rings. The molecule has 150 valence electrons. The number of hydrogen-bond acceptors (Lipinski definition) is 3. The van der Waals surface area contributed by atoms with Gasteiger partial charge in [0.05, 0.1) is 5.02 Å². The summed E-state index contributed by atoms with van der Waals surface area (Å²) in [6.45, 7) is 2.06. The van der Waals surface area contributed by atoms with E-state index in [4.69, 9.17) is 11.6 Å². The van der Waals surface area contributed by atoms with Crippen LogP contribution in [0.5, 0.6) is 0 Å². The number of anilines is 1. The molecule has 0 radical (unpaired) electrons. The van der Waals surface area contributed by atoms with Crippen molar-refractivity contribution < 1.29 is 17.6 Å². The van der Waals surface area contributed by atoms with Crippen LogP contribution in [-0.4, -0.2) is 14.3 Å². The van der Waals surface area contributed by atoms with Gasteiger partial charge >= 0.3 is 0 Å². The van der Waals surface area contributed by atoms with Gasteiger partial charge in [0.1, 0.15) is 10.7 Å². The maximum atomic E-state index is 13.0. The molecule has 5 nitrogen and oxygen atoms in total. The van der Waals surface area contributed by atoms with E-state index in [1.54, 1.807) is 36.4 Å². The summed E-state index contributed by atoms with van der Waals surface area (Å²) < 4.78 is 40.9. The van der Waals surface area contributed by atoms with Crippen LogP contribution in [0.2, 0.25) is 5.02 Å². The Bertz CT molecular complexity index is 1130. The average molecular weight is 433 g/mol. The molecule has 0 aliphatic heterocycles. The van der Waals surface area contributed by atoms with Crippen LogP contribution >= 0.6 is 11.6 Å². The number of halogens is 2. The van der Waals surface area contributed by atoms with E-state index in [0.29, 0.717) is 11.3 Å². The van der Waals surface area contributed by atoms with Gasteiger partial charge in [-0.1, -0.05) is 41.4 Å². The summed E-state index contributed by atoms with van der Waals surface area (Å²) in [7, 11) is -3.99. The molecule has 0 aromatic heterocycles. The Balaban J connectivity index is 1.78. The molecule has 0 unspecified atom stereocenters. The van der Waals surface area contributed by atoms with Crippen LogP contribution in [0.3, 0.4) is 0 Å². The molecule has 0 atom stereocenters. The summed E-state index contributed by atoms with van der Waals surface area (Å²) in [4.78, 5) is 12.2. The van der Waals surface area contributed by atoms with Crippen molar-refractivity contribution in [1.82, 2.24) is 5.32 Å². The first kappa shape index (κ1) is 20.8. The fraction of sp³-hybridized carbons (Fsp3) is 0.0952. The van der Waals surface area contributed by atoms with Gasteiger partial charge in [0, 0.05) is 17.8 Å². The van der Waals surface area contributed by atoms with Crippen LogP contribution in [0.15, 0.2) is 71.6 Å². The molecule has 0 spiro atoms. The number of amides is 1. The van der Waals surface area contributed by atoms with Crippen molar-refractivity contribution in [3.8, 4) is 0 Å². The molecule has 0 saturated heterocycles. The molecule has 0 heterocycles. The molecule has 0 bridgehead atoms. The number of rotatable bonds is 6. The molecule has 0 saturated carbocycles. The smallest absolute Gasteiger partial charge is 0.263 e. The van der Waals surface area contributed by atoms with Crippen molar-refractivity contribution in [2.75, 3.05) is 4.72 Å². The van der Waals surface area contributed by atoms with E-state index >= 15 is 0 Å². The fourth-order valence-corrected chi connectivity index (χ4v) is 4.15. The maximum absolute atomic E-state index is 13.0. The Labute approximate surface area is 173 Å². The Kier molecular flexibility index (Phi) is 6.20. The molecule has 29 heavy (non-hydrogen) atoms. The summed E-state index contributed by atoms with van der Waals surface area (Å²) in [6, 6.07) is 16.6. The van der Waals surface area contributed by atoms with E-state index < -0.39 is 15.9 Å². The third-order valence-electron chi connectivity index (χ3n) is 4.15. The fourth-order valence-electron chi connectivity index (χ4n) is 2.57. The topological polar surface area (TPSA) is 75.3 Å². The monoisotopic (exact) mass is 432 g/mol. The van der Waals surface area contributed by atoms with Gasteiger partial charge in [0.25, 0.3) is 15.9 Å². The summed E-state index contributed by atoms with van der Waals surface area (Å²) in [5.74, 6) is -0.841. The molecule has 0 fully saturated rings. The van der Waals surface area contributed by atoms with Gasteiger partial charge in [-0.2, -0.15) is 0 Å². The van der Waals surface area contributed by atoms with Crippen LogP contribution in [0, 0.1) is 12.7 Å². The molecule has 2 N–H and O–H groups in total. The lowest BCUT2D eigenvalue weighted by molar-refractivity contribution is 0.0950. The molecule has 8 heteroatoms. The summed E-state index contributed by atoms with van der Waals surface area (Å²) in [5, 5.41) is 2.67. The SMILES string of the molecule is Cc1ccc(NS(=O)(=O)c2cc(C(=O)NCc3ccc(F)cc3)ccc2Cl)cc1. The zero-order valence-electron chi connectivity index (χ0n) is 15.4. The van der Waals surface area contributed by atoms with E-state index in [9.17, 15) is 17.6 Å². The zero-order chi connectivity index (χ0) is 21.0. The third kappa shape index (κ3) is 5.34. The minimum absolute atomic E-state index is 0.000281. The number of carbonyl (C=O) groups is 1. The van der Waals surface area contributed by atoms with Crippen molar-refractivity contribution in [2.24, 2.45) is 0 Å². The minimum atomic E-state index is -3.99. The third-order valence-corrected chi connectivity index (χ3v) is 6.02. The van der Waals surface area contributed by atoms with Crippen molar-refractivity contribution in [1.29, 1.82) is 0 Å². The average Bonchev–Trinajstić information content (AvgIpc) is 2.69. The van der Waals surface area contributed by atoms with Gasteiger partial charge in [0.15, 0.2) is 0 Å². The Hall–Kier alpha value is -2.90. The molecular weight excluding hydrogens is 415 g/mol. The summed E-state index contributed by atoms with van der Waals surface area (Å²) in [6.07, 6.45) is 0. The normalized spacial score (nSPS) is 11.1. The lowest BCUT2D eigenvalue weighted by Gasteiger charge is -2.12. The standard InChI is InChI=1S/C21H18ClFN2O3S/c1-14-2-9-18(10-3-14)25-29(27,28)20-12-16(6-11-19(20)22)21(26)24-13-15-4-7-17(23)8-5-15/h2-12,25H,13H2,1H3,(H,24,26). The molecule has 0 aliphatic carbocycles. The van der Waals surface area contributed by atoms with Gasteiger partial charge in [0.2, 0.25) is 0 Å².